The lowest BCUT2D eigenvalue weighted by molar-refractivity contribution is 0.102. The van der Waals surface area contributed by atoms with Crippen LogP contribution in [0.1, 0.15) is 36.0 Å². The number of amides is 1. The molecule has 0 bridgehead atoms. The Kier molecular flexibility index (Phi) is 5.31. The third-order valence-corrected chi connectivity index (χ3v) is 7.07. The molecule has 2 aromatic carbocycles. The number of fused-ring (bicyclic) bond motifs is 1. The van der Waals surface area contributed by atoms with E-state index in [9.17, 15) is 13.2 Å². The number of thiophene rings is 1. The first-order chi connectivity index (χ1) is 14.3. The maximum absolute atomic E-state index is 12.7. The van der Waals surface area contributed by atoms with Crippen LogP contribution < -0.4 is 10.0 Å². The molecule has 0 spiro atoms. The lowest BCUT2D eigenvalue weighted by Crippen LogP contribution is -2.14. The van der Waals surface area contributed by atoms with E-state index in [2.05, 4.69) is 15.0 Å². The lowest BCUT2D eigenvalue weighted by atomic mass is 10.2. The van der Waals surface area contributed by atoms with Crippen molar-refractivity contribution in [3.8, 4) is 0 Å². The first kappa shape index (κ1) is 20.1. The van der Waals surface area contributed by atoms with Crippen LogP contribution >= 0.6 is 11.3 Å². The van der Waals surface area contributed by atoms with E-state index in [1.807, 2.05) is 13.8 Å². The van der Waals surface area contributed by atoms with Crippen LogP contribution in [-0.2, 0) is 10.0 Å². The van der Waals surface area contributed by atoms with E-state index in [4.69, 9.17) is 4.42 Å². The molecule has 154 valence electrons. The number of nitrogens with one attached hydrogen (secondary N) is 2. The van der Waals surface area contributed by atoms with Gasteiger partial charge in [-0.25, -0.2) is 13.4 Å². The molecule has 0 saturated carbocycles. The molecule has 0 saturated heterocycles. The average Bonchev–Trinajstić information content (AvgIpc) is 3.38. The smallest absolute Gasteiger partial charge is 0.271 e. The Morgan fingerprint density at radius 3 is 2.63 bits per heavy atom. The summed E-state index contributed by atoms with van der Waals surface area (Å²) in [6, 6.07) is 14.7. The number of hydrogen-bond acceptors (Lipinski definition) is 6. The summed E-state index contributed by atoms with van der Waals surface area (Å²) in [5.41, 5.74) is 2.52. The Morgan fingerprint density at radius 2 is 1.90 bits per heavy atom. The summed E-state index contributed by atoms with van der Waals surface area (Å²) in [6.07, 6.45) is 0. The second-order valence-electron chi connectivity index (χ2n) is 6.96. The number of carbonyl (C=O) groups excluding carboxylic acids is 1. The Bertz CT molecular complexity index is 1310. The summed E-state index contributed by atoms with van der Waals surface area (Å²) in [6.45, 7) is 3.99. The predicted octanol–water partition coefficient (Wildman–Crippen LogP) is 5.07. The van der Waals surface area contributed by atoms with E-state index >= 15 is 0 Å². The average molecular weight is 442 g/mol. The van der Waals surface area contributed by atoms with E-state index in [1.54, 1.807) is 47.8 Å². The van der Waals surface area contributed by atoms with Crippen molar-refractivity contribution in [1.29, 1.82) is 0 Å². The van der Waals surface area contributed by atoms with Crippen molar-refractivity contribution < 1.29 is 17.6 Å². The molecule has 0 aliphatic carbocycles. The first-order valence-electron chi connectivity index (χ1n) is 9.20. The van der Waals surface area contributed by atoms with Crippen LogP contribution in [0.5, 0.6) is 0 Å². The summed E-state index contributed by atoms with van der Waals surface area (Å²) in [5.74, 6) is 0.439. The van der Waals surface area contributed by atoms with Gasteiger partial charge in [0, 0.05) is 22.9 Å². The fraction of sp³-hybridized carbons (Fsp3) is 0.143. The summed E-state index contributed by atoms with van der Waals surface area (Å²) < 4.78 is 33.2. The molecule has 2 heterocycles. The molecule has 2 aromatic heterocycles. The van der Waals surface area contributed by atoms with Gasteiger partial charge in [0.15, 0.2) is 11.5 Å². The van der Waals surface area contributed by atoms with E-state index in [0.717, 1.165) is 11.3 Å². The van der Waals surface area contributed by atoms with Crippen molar-refractivity contribution in [2.45, 2.75) is 24.0 Å². The normalized spacial score (nSPS) is 11.7. The highest BCUT2D eigenvalue weighted by atomic mass is 32.2. The molecule has 4 aromatic rings. The van der Waals surface area contributed by atoms with Crippen LogP contribution in [0.15, 0.2) is 68.6 Å². The third-order valence-electron chi connectivity index (χ3n) is 4.29. The van der Waals surface area contributed by atoms with E-state index < -0.39 is 10.0 Å². The summed E-state index contributed by atoms with van der Waals surface area (Å²) in [4.78, 5) is 17.1. The van der Waals surface area contributed by atoms with Crippen LogP contribution in [-0.4, -0.2) is 19.3 Å². The molecule has 2 N–H and O–H groups in total. The molecule has 0 unspecified atom stereocenters. The zero-order chi connectivity index (χ0) is 21.3. The van der Waals surface area contributed by atoms with Gasteiger partial charge in [0.1, 0.15) is 9.73 Å². The first-order valence-corrected chi connectivity index (χ1v) is 11.6. The number of rotatable bonds is 6. The van der Waals surface area contributed by atoms with Gasteiger partial charge in [0.2, 0.25) is 0 Å². The van der Waals surface area contributed by atoms with Crippen LogP contribution in [0.25, 0.3) is 11.1 Å². The van der Waals surface area contributed by atoms with Crippen molar-refractivity contribution in [1.82, 2.24) is 4.98 Å². The molecule has 4 rings (SSSR count). The number of anilines is 2. The second kappa shape index (κ2) is 7.92. The minimum Gasteiger partial charge on any atom is -0.440 e. The number of benzene rings is 2. The Labute approximate surface area is 177 Å². The van der Waals surface area contributed by atoms with Crippen LogP contribution in [0, 0.1) is 0 Å². The fourth-order valence-electron chi connectivity index (χ4n) is 2.82. The zero-order valence-corrected chi connectivity index (χ0v) is 17.9. The molecule has 7 nitrogen and oxygen atoms in total. The van der Waals surface area contributed by atoms with Gasteiger partial charge in [0.25, 0.3) is 15.9 Å². The number of hydrogen-bond donors (Lipinski definition) is 2. The molecule has 9 heteroatoms. The summed E-state index contributed by atoms with van der Waals surface area (Å²) in [7, 11) is -3.68. The van der Waals surface area contributed by atoms with Crippen LogP contribution in [0.4, 0.5) is 11.4 Å². The standard InChI is InChI=1S/C21H19N3O4S2/c1-13(2)21-23-17-12-15(8-9-18(17)28-21)22-20(25)14-5-3-6-16(11-14)24-30(26,27)19-7-4-10-29-19/h3-13,24H,1-2H3,(H,22,25). The Hall–Kier alpha value is -3.17. The van der Waals surface area contributed by atoms with Crippen LogP contribution in [0.3, 0.4) is 0 Å². The molecule has 0 radical (unpaired) electrons. The van der Waals surface area contributed by atoms with Crippen molar-refractivity contribution in [2.75, 3.05) is 10.0 Å². The molecule has 0 aliphatic heterocycles. The number of aromatic nitrogens is 1. The highest BCUT2D eigenvalue weighted by Crippen LogP contribution is 2.25. The Morgan fingerprint density at radius 1 is 1.07 bits per heavy atom. The third kappa shape index (κ3) is 4.22. The van der Waals surface area contributed by atoms with Crippen molar-refractivity contribution in [2.24, 2.45) is 0 Å². The van der Waals surface area contributed by atoms with Gasteiger partial charge in [0.05, 0.1) is 0 Å². The number of oxazole rings is 1. The minimum atomic E-state index is -3.68. The van der Waals surface area contributed by atoms with E-state index in [-0.39, 0.29) is 16.0 Å². The fourth-order valence-corrected chi connectivity index (χ4v) is 4.86. The maximum atomic E-state index is 12.7. The van der Waals surface area contributed by atoms with E-state index in [1.165, 1.54) is 12.1 Å². The van der Waals surface area contributed by atoms with Gasteiger partial charge in [-0.3, -0.25) is 9.52 Å². The van der Waals surface area contributed by atoms with Crippen molar-refractivity contribution in [3.63, 3.8) is 0 Å². The highest BCUT2D eigenvalue weighted by Gasteiger charge is 2.16. The van der Waals surface area contributed by atoms with Gasteiger partial charge in [-0.15, -0.1) is 11.3 Å². The number of sulfonamides is 1. The van der Waals surface area contributed by atoms with E-state index in [0.29, 0.717) is 33.9 Å². The molecule has 1 amide bonds. The lowest BCUT2D eigenvalue weighted by Gasteiger charge is -2.09. The quantitative estimate of drug-likeness (QED) is 0.435. The van der Waals surface area contributed by atoms with Crippen molar-refractivity contribution >= 4 is 49.7 Å². The number of nitrogens with zero attached hydrogens (tertiary/aromatic N) is 1. The van der Waals surface area contributed by atoms with Gasteiger partial charge in [-0.05, 0) is 47.8 Å². The number of carbonyl (C=O) groups is 1. The monoisotopic (exact) mass is 441 g/mol. The summed E-state index contributed by atoms with van der Waals surface area (Å²) >= 11 is 1.12. The molecular formula is C21H19N3O4S2. The molecule has 0 aliphatic rings. The molecule has 0 fully saturated rings. The molecule has 0 atom stereocenters. The topological polar surface area (TPSA) is 101 Å². The Balaban J connectivity index is 1.52. The molecule has 30 heavy (non-hydrogen) atoms. The maximum Gasteiger partial charge on any atom is 0.271 e. The SMILES string of the molecule is CC(C)c1nc2cc(NC(=O)c3cccc(NS(=O)(=O)c4cccs4)c3)ccc2o1. The van der Waals surface area contributed by atoms with Crippen molar-refractivity contribution in [3.05, 3.63) is 71.4 Å². The van der Waals surface area contributed by atoms with Gasteiger partial charge < -0.3 is 9.73 Å². The predicted molar refractivity (Wildman–Crippen MR) is 118 cm³/mol. The zero-order valence-electron chi connectivity index (χ0n) is 16.2. The van der Waals surface area contributed by atoms with Gasteiger partial charge in [-0.2, -0.15) is 0 Å². The molecular weight excluding hydrogens is 422 g/mol. The van der Waals surface area contributed by atoms with Crippen LogP contribution in [0.2, 0.25) is 0 Å². The van der Waals surface area contributed by atoms with Gasteiger partial charge >= 0.3 is 0 Å². The minimum absolute atomic E-state index is 0.163. The second-order valence-corrected chi connectivity index (χ2v) is 9.82. The highest BCUT2D eigenvalue weighted by molar-refractivity contribution is 7.94. The largest absolute Gasteiger partial charge is 0.440 e. The summed E-state index contributed by atoms with van der Waals surface area (Å²) in [5, 5.41) is 4.50. The van der Waals surface area contributed by atoms with Gasteiger partial charge in [-0.1, -0.05) is 26.0 Å².